The molecule has 1 aromatic carbocycles. The summed E-state index contributed by atoms with van der Waals surface area (Å²) in [6, 6.07) is 9.54. The Hall–Kier alpha value is -3.62. The summed E-state index contributed by atoms with van der Waals surface area (Å²) >= 11 is 1.19. The van der Waals surface area contributed by atoms with E-state index in [1.54, 1.807) is 10.8 Å². The van der Waals surface area contributed by atoms with Crippen molar-refractivity contribution in [3.63, 3.8) is 0 Å². The second-order valence-corrected chi connectivity index (χ2v) is 10.8. The molecule has 1 unspecified atom stereocenters. The van der Waals surface area contributed by atoms with Crippen molar-refractivity contribution in [3.8, 4) is 11.3 Å². The average molecular weight is 529 g/mol. The van der Waals surface area contributed by atoms with E-state index in [0.717, 1.165) is 16.8 Å². The van der Waals surface area contributed by atoms with Gasteiger partial charge in [-0.2, -0.15) is 5.10 Å². The third-order valence-corrected chi connectivity index (χ3v) is 7.63. The molecular weight excluding hydrogens is 504 g/mol. The fourth-order valence-electron chi connectivity index (χ4n) is 3.65. The first-order valence-electron chi connectivity index (χ1n) is 11.2. The zero-order valence-electron chi connectivity index (χ0n) is 19.3. The van der Waals surface area contributed by atoms with Crippen LogP contribution in [0.5, 0.6) is 0 Å². The van der Waals surface area contributed by atoms with Crippen LogP contribution < -0.4 is 10.5 Å². The number of thioether (sulfide) groups is 1. The third-order valence-electron chi connectivity index (χ3n) is 5.38. The monoisotopic (exact) mass is 528 g/mol. The number of benzene rings is 1. The molecule has 0 amide bonds. The number of hydrogen-bond donors (Lipinski definition) is 3. The molecule has 5 rings (SSSR count). The third kappa shape index (κ3) is 5.01. The van der Waals surface area contributed by atoms with E-state index in [0.29, 0.717) is 34.4 Å². The van der Waals surface area contributed by atoms with E-state index in [-0.39, 0.29) is 18.1 Å². The van der Waals surface area contributed by atoms with Gasteiger partial charge in [-0.1, -0.05) is 31.2 Å². The Bertz CT molecular complexity index is 1500. The highest BCUT2D eigenvalue weighted by molar-refractivity contribution is 8.02. The first kappa shape index (κ1) is 24.1. The van der Waals surface area contributed by atoms with Gasteiger partial charge in [0.2, 0.25) is 15.1 Å². The van der Waals surface area contributed by atoms with Crippen LogP contribution in [0, 0.1) is 0 Å². The molecule has 0 saturated carbocycles. The number of rotatable bonds is 10. The SMILES string of the molecule is CCCNS(=O)(=O)CCn1c(SC2=COC(c3ccccc3-c3cc[nH]n3)O2)nc2c(N)ncnc21. The fourth-order valence-corrected chi connectivity index (χ4v) is 5.58. The molecule has 188 valence electrons. The van der Waals surface area contributed by atoms with Crippen molar-refractivity contribution in [2.75, 3.05) is 18.0 Å². The second kappa shape index (κ2) is 10.2. The maximum Gasteiger partial charge on any atom is 0.268 e. The van der Waals surface area contributed by atoms with Gasteiger partial charge < -0.3 is 19.8 Å². The van der Waals surface area contributed by atoms with Crippen LogP contribution in [0.3, 0.4) is 0 Å². The molecule has 0 aliphatic carbocycles. The number of H-pyrrole nitrogens is 1. The first-order chi connectivity index (χ1) is 17.4. The minimum Gasteiger partial charge on any atom is -0.454 e. The largest absolute Gasteiger partial charge is 0.454 e. The van der Waals surface area contributed by atoms with Crippen LogP contribution >= 0.6 is 11.8 Å². The van der Waals surface area contributed by atoms with E-state index in [1.807, 2.05) is 37.3 Å². The molecule has 14 heteroatoms. The number of aryl methyl sites for hydroxylation is 1. The molecule has 1 aliphatic rings. The number of aromatic amines is 1. The quantitative estimate of drug-likeness (QED) is 0.279. The summed E-state index contributed by atoms with van der Waals surface area (Å²) in [5, 5.41) is 7.98. The summed E-state index contributed by atoms with van der Waals surface area (Å²) in [6.45, 7) is 2.40. The normalized spacial score (nSPS) is 15.6. The molecule has 4 N–H and O–H groups in total. The molecule has 4 heterocycles. The topological polar surface area (TPSA) is 163 Å². The number of nitrogens with zero attached hydrogens (tertiary/aromatic N) is 5. The highest BCUT2D eigenvalue weighted by atomic mass is 32.2. The zero-order chi connectivity index (χ0) is 25.1. The lowest BCUT2D eigenvalue weighted by atomic mass is 10.0. The van der Waals surface area contributed by atoms with Crippen LogP contribution in [-0.2, 0) is 26.0 Å². The molecule has 1 atom stereocenters. The van der Waals surface area contributed by atoms with E-state index in [9.17, 15) is 8.42 Å². The number of imidazole rings is 1. The molecule has 0 fully saturated rings. The summed E-state index contributed by atoms with van der Waals surface area (Å²) in [5.74, 6) is 0.0577. The Kier molecular flexibility index (Phi) is 6.80. The van der Waals surface area contributed by atoms with Crippen molar-refractivity contribution in [2.24, 2.45) is 0 Å². The van der Waals surface area contributed by atoms with Crippen LogP contribution in [0.2, 0.25) is 0 Å². The molecule has 0 radical (unpaired) electrons. The van der Waals surface area contributed by atoms with Gasteiger partial charge in [0, 0.05) is 30.4 Å². The highest BCUT2D eigenvalue weighted by Gasteiger charge is 2.28. The Labute approximate surface area is 211 Å². The van der Waals surface area contributed by atoms with Crippen LogP contribution in [0.4, 0.5) is 5.82 Å². The lowest BCUT2D eigenvalue weighted by Gasteiger charge is -2.15. The highest BCUT2D eigenvalue weighted by Crippen LogP contribution is 2.40. The Balaban J connectivity index is 1.38. The summed E-state index contributed by atoms with van der Waals surface area (Å²) in [5.41, 5.74) is 9.30. The summed E-state index contributed by atoms with van der Waals surface area (Å²) < 4.78 is 41.0. The molecule has 0 spiro atoms. The number of ether oxygens (including phenoxy) is 2. The smallest absolute Gasteiger partial charge is 0.268 e. The minimum absolute atomic E-state index is 0.119. The number of nitrogens with one attached hydrogen (secondary N) is 2. The number of hydrogen-bond acceptors (Lipinski definition) is 10. The van der Waals surface area contributed by atoms with E-state index in [4.69, 9.17) is 15.2 Å². The zero-order valence-corrected chi connectivity index (χ0v) is 20.9. The number of aromatic nitrogens is 6. The molecule has 0 bridgehead atoms. The second-order valence-electron chi connectivity index (χ2n) is 7.86. The maximum atomic E-state index is 12.4. The van der Waals surface area contributed by atoms with Gasteiger partial charge >= 0.3 is 0 Å². The number of sulfonamides is 1. The van der Waals surface area contributed by atoms with Crippen molar-refractivity contribution in [2.45, 2.75) is 31.3 Å². The minimum atomic E-state index is -3.48. The van der Waals surface area contributed by atoms with E-state index in [2.05, 4.69) is 29.9 Å². The Morgan fingerprint density at radius 2 is 2.11 bits per heavy atom. The van der Waals surface area contributed by atoms with Crippen LogP contribution in [0.15, 0.2) is 59.4 Å². The van der Waals surface area contributed by atoms with Crippen molar-refractivity contribution in [3.05, 3.63) is 59.8 Å². The average Bonchev–Trinajstić information content (AvgIpc) is 3.63. The van der Waals surface area contributed by atoms with Gasteiger partial charge in [-0.05, 0) is 24.2 Å². The fraction of sp³-hybridized carbons (Fsp3) is 0.273. The van der Waals surface area contributed by atoms with Gasteiger partial charge in [-0.15, -0.1) is 0 Å². The number of anilines is 1. The van der Waals surface area contributed by atoms with Crippen molar-refractivity contribution >= 4 is 38.8 Å². The maximum absolute atomic E-state index is 12.4. The van der Waals surface area contributed by atoms with Crippen molar-refractivity contribution in [1.29, 1.82) is 0 Å². The van der Waals surface area contributed by atoms with Crippen molar-refractivity contribution in [1.82, 2.24) is 34.4 Å². The molecular formula is C22H24N8O4S2. The van der Waals surface area contributed by atoms with Crippen molar-refractivity contribution < 1.29 is 17.9 Å². The van der Waals surface area contributed by atoms with Gasteiger partial charge in [0.25, 0.3) is 6.29 Å². The van der Waals surface area contributed by atoms with Crippen LogP contribution in [0.1, 0.15) is 25.2 Å². The van der Waals surface area contributed by atoms with Crippen LogP contribution in [0.25, 0.3) is 22.4 Å². The summed E-state index contributed by atoms with van der Waals surface area (Å²) in [4.78, 5) is 12.8. The van der Waals surface area contributed by atoms with E-state index < -0.39 is 16.3 Å². The predicted octanol–water partition coefficient (Wildman–Crippen LogP) is 2.76. The van der Waals surface area contributed by atoms with Gasteiger partial charge in [-0.25, -0.2) is 28.1 Å². The summed E-state index contributed by atoms with van der Waals surface area (Å²) in [6.07, 6.45) is 4.61. The molecule has 3 aromatic heterocycles. The summed E-state index contributed by atoms with van der Waals surface area (Å²) in [7, 11) is -3.48. The van der Waals surface area contributed by atoms with E-state index >= 15 is 0 Å². The number of fused-ring (bicyclic) bond motifs is 1. The number of nitrogen functional groups attached to an aromatic ring is 1. The lowest BCUT2D eigenvalue weighted by Crippen LogP contribution is -2.29. The Morgan fingerprint density at radius 3 is 2.92 bits per heavy atom. The lowest BCUT2D eigenvalue weighted by molar-refractivity contribution is -0.0269. The molecule has 12 nitrogen and oxygen atoms in total. The Morgan fingerprint density at radius 1 is 1.25 bits per heavy atom. The van der Waals surface area contributed by atoms with Gasteiger partial charge in [0.1, 0.15) is 12.6 Å². The molecule has 0 saturated heterocycles. The van der Waals surface area contributed by atoms with Gasteiger partial charge in [0.15, 0.2) is 22.1 Å². The standard InChI is InChI=1S/C22H24N8O4S2/c1-2-8-27-36(31,32)11-10-30-20-18(19(23)24-13-25-20)28-22(30)35-17-12-33-21(34-17)15-6-4-3-5-14(15)16-7-9-26-29-16/h3-7,9,12-13,21,27H,2,8,10-11H2,1H3,(H,26,29)(H2,23,24,25). The van der Waals surface area contributed by atoms with Crippen LogP contribution in [-0.4, -0.2) is 50.4 Å². The van der Waals surface area contributed by atoms with Gasteiger partial charge in [0.05, 0.1) is 11.4 Å². The predicted molar refractivity (Wildman–Crippen MR) is 135 cm³/mol. The first-order valence-corrected chi connectivity index (χ1v) is 13.7. The molecule has 36 heavy (non-hydrogen) atoms. The van der Waals surface area contributed by atoms with Gasteiger partial charge in [-0.3, -0.25) is 5.10 Å². The molecule has 4 aromatic rings. The van der Waals surface area contributed by atoms with E-state index in [1.165, 1.54) is 24.4 Å². The number of nitrogens with two attached hydrogens (primary N) is 1. The molecule has 1 aliphatic heterocycles.